The monoisotopic (exact) mass is 324 g/mol. The second-order valence-corrected chi connectivity index (χ2v) is 6.86. The van der Waals surface area contributed by atoms with Gasteiger partial charge in [0.15, 0.2) is 0 Å². The second kappa shape index (κ2) is 6.77. The van der Waals surface area contributed by atoms with Gasteiger partial charge in [-0.3, -0.25) is 14.4 Å². The summed E-state index contributed by atoms with van der Waals surface area (Å²) in [5, 5.41) is 7.54. The number of aromatic nitrogens is 2. The van der Waals surface area contributed by atoms with E-state index in [-0.39, 0.29) is 11.9 Å². The zero-order valence-corrected chi connectivity index (χ0v) is 13.8. The number of amides is 1. The van der Waals surface area contributed by atoms with Gasteiger partial charge in [0.25, 0.3) is 0 Å². The van der Waals surface area contributed by atoms with Gasteiger partial charge in [-0.2, -0.15) is 5.10 Å². The number of nitrogens with zero attached hydrogens (tertiary/aromatic N) is 3. The molecule has 5 heteroatoms. The summed E-state index contributed by atoms with van der Waals surface area (Å²) in [6.45, 7) is 1.80. The number of likely N-dealkylation sites (tertiary alicyclic amines) is 1. The van der Waals surface area contributed by atoms with Crippen molar-refractivity contribution in [1.29, 1.82) is 0 Å². The van der Waals surface area contributed by atoms with Crippen LogP contribution in [0.15, 0.2) is 48.8 Å². The number of carbonyl (C=O) groups is 1. The molecule has 0 spiro atoms. The molecule has 0 radical (unpaired) electrons. The Morgan fingerprint density at radius 2 is 2.04 bits per heavy atom. The molecule has 1 aliphatic heterocycles. The molecule has 1 aliphatic carbocycles. The van der Waals surface area contributed by atoms with E-state index in [2.05, 4.69) is 27.4 Å². The Morgan fingerprint density at radius 3 is 2.75 bits per heavy atom. The summed E-state index contributed by atoms with van der Waals surface area (Å²) in [7, 11) is 0. The highest BCUT2D eigenvalue weighted by Gasteiger charge is 2.37. The number of carbonyl (C=O) groups excluding carboxylic acids is 1. The highest BCUT2D eigenvalue weighted by molar-refractivity contribution is 5.83. The lowest BCUT2D eigenvalue weighted by Gasteiger charge is -2.32. The van der Waals surface area contributed by atoms with Gasteiger partial charge in [0.2, 0.25) is 5.91 Å². The molecule has 1 aromatic carbocycles. The highest BCUT2D eigenvalue weighted by Crippen LogP contribution is 2.31. The van der Waals surface area contributed by atoms with Crippen LogP contribution >= 0.6 is 0 Å². The Labute approximate surface area is 142 Å². The van der Waals surface area contributed by atoms with E-state index < -0.39 is 0 Å². The van der Waals surface area contributed by atoms with Crippen LogP contribution < -0.4 is 5.32 Å². The van der Waals surface area contributed by atoms with E-state index in [0.29, 0.717) is 12.1 Å². The topological polar surface area (TPSA) is 50.2 Å². The SMILES string of the molecule is O=C(NC1CC1)[C@@H](c1ccccc1)N1CCC[C@@H]1Cn1cccn1. The van der Waals surface area contributed by atoms with Gasteiger partial charge in [-0.25, -0.2) is 0 Å². The van der Waals surface area contributed by atoms with Gasteiger partial charge < -0.3 is 5.32 Å². The lowest BCUT2D eigenvalue weighted by molar-refractivity contribution is -0.127. The molecule has 2 aliphatic rings. The fraction of sp³-hybridized carbons (Fsp3) is 0.474. The lowest BCUT2D eigenvalue weighted by atomic mass is 10.0. The maximum atomic E-state index is 13.0. The van der Waals surface area contributed by atoms with Gasteiger partial charge in [0.1, 0.15) is 6.04 Å². The number of benzene rings is 1. The van der Waals surface area contributed by atoms with Crippen LogP contribution in [-0.4, -0.2) is 39.2 Å². The van der Waals surface area contributed by atoms with Crippen molar-refractivity contribution in [2.24, 2.45) is 0 Å². The van der Waals surface area contributed by atoms with Gasteiger partial charge in [0, 0.05) is 24.5 Å². The molecule has 1 saturated heterocycles. The van der Waals surface area contributed by atoms with Crippen LogP contribution in [0.2, 0.25) is 0 Å². The van der Waals surface area contributed by atoms with Crippen LogP contribution in [-0.2, 0) is 11.3 Å². The van der Waals surface area contributed by atoms with Crippen molar-refractivity contribution < 1.29 is 4.79 Å². The summed E-state index contributed by atoms with van der Waals surface area (Å²) >= 11 is 0. The normalized spacial score (nSPS) is 22.4. The van der Waals surface area contributed by atoms with Gasteiger partial charge >= 0.3 is 0 Å². The first-order valence-corrected chi connectivity index (χ1v) is 8.90. The van der Waals surface area contributed by atoms with Gasteiger partial charge in [-0.1, -0.05) is 30.3 Å². The minimum atomic E-state index is -0.199. The average molecular weight is 324 g/mol. The minimum absolute atomic E-state index is 0.149. The largest absolute Gasteiger partial charge is 0.352 e. The maximum Gasteiger partial charge on any atom is 0.242 e. The molecule has 5 nitrogen and oxygen atoms in total. The summed E-state index contributed by atoms with van der Waals surface area (Å²) < 4.78 is 1.98. The molecular weight excluding hydrogens is 300 g/mol. The van der Waals surface area contributed by atoms with Crippen LogP contribution in [0, 0.1) is 0 Å². The summed E-state index contributed by atoms with van der Waals surface area (Å²) in [5.74, 6) is 0.149. The van der Waals surface area contributed by atoms with Crippen LogP contribution in [0.5, 0.6) is 0 Å². The fourth-order valence-electron chi connectivity index (χ4n) is 3.65. The Hall–Kier alpha value is -2.14. The Kier molecular flexibility index (Phi) is 4.34. The molecular formula is C19H24N4O. The second-order valence-electron chi connectivity index (χ2n) is 6.86. The first-order valence-electron chi connectivity index (χ1n) is 8.90. The zero-order valence-electron chi connectivity index (χ0n) is 13.8. The van der Waals surface area contributed by atoms with Crippen LogP contribution in [0.1, 0.15) is 37.3 Å². The fourth-order valence-corrected chi connectivity index (χ4v) is 3.65. The Morgan fingerprint density at radius 1 is 1.21 bits per heavy atom. The molecule has 1 saturated carbocycles. The van der Waals surface area contributed by atoms with Crippen molar-refractivity contribution in [2.45, 2.75) is 50.4 Å². The van der Waals surface area contributed by atoms with E-state index >= 15 is 0 Å². The highest BCUT2D eigenvalue weighted by atomic mass is 16.2. The van der Waals surface area contributed by atoms with E-state index in [9.17, 15) is 4.79 Å². The molecule has 1 aromatic heterocycles. The molecule has 2 fully saturated rings. The van der Waals surface area contributed by atoms with Crippen LogP contribution in [0.3, 0.4) is 0 Å². The first-order chi connectivity index (χ1) is 11.8. The average Bonchev–Trinajstić information content (AvgIpc) is 3.07. The summed E-state index contributed by atoms with van der Waals surface area (Å²) in [4.78, 5) is 15.3. The molecule has 1 N–H and O–H groups in total. The zero-order chi connectivity index (χ0) is 16.4. The predicted molar refractivity (Wildman–Crippen MR) is 92.3 cm³/mol. The molecule has 2 heterocycles. The number of rotatable bonds is 6. The number of hydrogen-bond acceptors (Lipinski definition) is 3. The van der Waals surface area contributed by atoms with Gasteiger partial charge in [0.05, 0.1) is 6.54 Å². The van der Waals surface area contributed by atoms with Crippen molar-refractivity contribution in [1.82, 2.24) is 20.0 Å². The smallest absolute Gasteiger partial charge is 0.242 e. The molecule has 126 valence electrons. The number of nitrogens with one attached hydrogen (secondary N) is 1. The maximum absolute atomic E-state index is 13.0. The first kappa shape index (κ1) is 15.4. The lowest BCUT2D eigenvalue weighted by Crippen LogP contribution is -2.44. The molecule has 4 rings (SSSR count). The van der Waals surface area contributed by atoms with Crippen molar-refractivity contribution in [3.63, 3.8) is 0 Å². The van der Waals surface area contributed by atoms with E-state index in [1.54, 1.807) is 0 Å². The van der Waals surface area contributed by atoms with Crippen molar-refractivity contribution in [3.05, 3.63) is 54.4 Å². The molecule has 0 bridgehead atoms. The third-order valence-corrected chi connectivity index (χ3v) is 5.00. The van der Waals surface area contributed by atoms with Crippen LogP contribution in [0.4, 0.5) is 0 Å². The Balaban J connectivity index is 1.57. The van der Waals surface area contributed by atoms with E-state index in [1.807, 2.05) is 41.3 Å². The summed E-state index contributed by atoms with van der Waals surface area (Å²) in [5.41, 5.74) is 1.09. The summed E-state index contributed by atoms with van der Waals surface area (Å²) in [6, 6.07) is 12.7. The summed E-state index contributed by atoms with van der Waals surface area (Å²) in [6.07, 6.45) is 8.28. The minimum Gasteiger partial charge on any atom is -0.352 e. The van der Waals surface area contributed by atoms with Crippen molar-refractivity contribution in [2.75, 3.05) is 6.54 Å². The van der Waals surface area contributed by atoms with Crippen LogP contribution in [0.25, 0.3) is 0 Å². The standard InChI is InChI=1S/C19H24N4O/c24-19(21-16-9-10-16)18(15-6-2-1-3-7-15)23-13-4-8-17(23)14-22-12-5-11-20-22/h1-3,5-7,11-12,16-18H,4,8-10,13-14H2,(H,21,24)/t17-,18-/m1/s1. The molecule has 2 atom stereocenters. The predicted octanol–water partition coefficient (Wildman–Crippen LogP) is 2.37. The van der Waals surface area contributed by atoms with Gasteiger partial charge in [-0.15, -0.1) is 0 Å². The third kappa shape index (κ3) is 3.36. The van der Waals surface area contributed by atoms with E-state index in [4.69, 9.17) is 0 Å². The van der Waals surface area contributed by atoms with E-state index in [0.717, 1.165) is 44.3 Å². The third-order valence-electron chi connectivity index (χ3n) is 5.00. The molecule has 2 aromatic rings. The van der Waals surface area contributed by atoms with Gasteiger partial charge in [-0.05, 0) is 43.9 Å². The van der Waals surface area contributed by atoms with Crippen molar-refractivity contribution >= 4 is 5.91 Å². The van der Waals surface area contributed by atoms with E-state index in [1.165, 1.54) is 0 Å². The Bertz CT molecular complexity index is 666. The van der Waals surface area contributed by atoms with Crippen molar-refractivity contribution in [3.8, 4) is 0 Å². The number of hydrogen-bond donors (Lipinski definition) is 1. The molecule has 24 heavy (non-hydrogen) atoms. The quantitative estimate of drug-likeness (QED) is 0.887. The molecule has 1 amide bonds. The molecule has 0 unspecified atom stereocenters.